The maximum Gasteiger partial charge on any atom is 0.248 e. The molecule has 2 aliphatic heterocycles. The molecule has 0 saturated carbocycles. The van der Waals surface area contributed by atoms with Crippen molar-refractivity contribution in [3.8, 4) is 0 Å². The van der Waals surface area contributed by atoms with Crippen molar-refractivity contribution in [3.05, 3.63) is 29.6 Å². The summed E-state index contributed by atoms with van der Waals surface area (Å²) >= 11 is 1.94. The molecule has 1 amide bonds. The first-order chi connectivity index (χ1) is 11.1. The van der Waals surface area contributed by atoms with Gasteiger partial charge in [0.2, 0.25) is 5.91 Å². The van der Waals surface area contributed by atoms with Gasteiger partial charge in [0.1, 0.15) is 6.61 Å². The van der Waals surface area contributed by atoms with Crippen molar-refractivity contribution in [1.82, 2.24) is 9.88 Å². The van der Waals surface area contributed by atoms with Gasteiger partial charge in [0.15, 0.2) is 0 Å². The molecule has 6 heteroatoms. The van der Waals surface area contributed by atoms with E-state index in [0.29, 0.717) is 13.2 Å². The van der Waals surface area contributed by atoms with Gasteiger partial charge in [-0.05, 0) is 32.4 Å². The lowest BCUT2D eigenvalue weighted by Gasteiger charge is -2.47. The number of aryl methyl sites for hydroxylation is 1. The number of hydrogen-bond acceptors (Lipinski definition) is 5. The molecule has 1 atom stereocenters. The van der Waals surface area contributed by atoms with Gasteiger partial charge in [-0.2, -0.15) is 0 Å². The van der Waals surface area contributed by atoms with Gasteiger partial charge in [-0.1, -0.05) is 6.07 Å². The van der Waals surface area contributed by atoms with Gasteiger partial charge in [-0.25, -0.2) is 0 Å². The summed E-state index contributed by atoms with van der Waals surface area (Å²) in [6, 6.07) is 6.01. The lowest BCUT2D eigenvalue weighted by atomic mass is 9.93. The average molecular weight is 336 g/mol. The number of ether oxygens (including phenoxy) is 2. The van der Waals surface area contributed by atoms with Crippen LogP contribution in [0.15, 0.2) is 18.2 Å². The fraction of sp³-hybridized carbons (Fsp3) is 0.647. The van der Waals surface area contributed by atoms with E-state index in [1.165, 1.54) is 0 Å². The van der Waals surface area contributed by atoms with Crippen LogP contribution in [0.3, 0.4) is 0 Å². The third-order valence-electron chi connectivity index (χ3n) is 4.33. The Kier molecular flexibility index (Phi) is 5.24. The van der Waals surface area contributed by atoms with E-state index in [1.54, 1.807) is 0 Å². The summed E-state index contributed by atoms with van der Waals surface area (Å²) in [7, 11) is 0. The zero-order valence-corrected chi connectivity index (χ0v) is 14.6. The lowest BCUT2D eigenvalue weighted by molar-refractivity contribution is -0.141. The molecule has 5 nitrogen and oxygen atoms in total. The minimum Gasteiger partial charge on any atom is -0.372 e. The van der Waals surface area contributed by atoms with Crippen molar-refractivity contribution in [2.45, 2.75) is 37.7 Å². The van der Waals surface area contributed by atoms with Crippen LogP contribution in [0.4, 0.5) is 0 Å². The van der Waals surface area contributed by atoms with Gasteiger partial charge < -0.3 is 14.4 Å². The zero-order valence-electron chi connectivity index (χ0n) is 13.8. The number of thioether (sulfide) groups is 1. The largest absolute Gasteiger partial charge is 0.372 e. The van der Waals surface area contributed by atoms with Gasteiger partial charge in [0.05, 0.1) is 23.2 Å². The van der Waals surface area contributed by atoms with Crippen LogP contribution >= 0.6 is 11.8 Å². The Hall–Kier alpha value is -1.11. The Balaban J connectivity index is 1.42. The van der Waals surface area contributed by atoms with Crippen LogP contribution in [-0.4, -0.2) is 58.7 Å². The van der Waals surface area contributed by atoms with Crippen molar-refractivity contribution in [1.29, 1.82) is 0 Å². The zero-order chi connectivity index (χ0) is 16.3. The van der Waals surface area contributed by atoms with Crippen molar-refractivity contribution < 1.29 is 14.3 Å². The minimum absolute atomic E-state index is 0.103. The van der Waals surface area contributed by atoms with Crippen molar-refractivity contribution in [2.24, 2.45) is 0 Å². The number of amides is 1. The molecule has 3 rings (SSSR count). The quantitative estimate of drug-likeness (QED) is 0.796. The normalized spacial score (nSPS) is 22.3. The molecule has 1 spiro atoms. The number of aromatic nitrogens is 1. The highest BCUT2D eigenvalue weighted by Crippen LogP contribution is 2.46. The van der Waals surface area contributed by atoms with E-state index in [1.807, 2.05) is 48.7 Å². The molecular formula is C17H24N2O3S. The molecule has 0 aliphatic carbocycles. The van der Waals surface area contributed by atoms with E-state index in [0.717, 1.165) is 36.7 Å². The molecule has 0 radical (unpaired) electrons. The number of carbonyl (C=O) groups is 1. The second-order valence-electron chi connectivity index (χ2n) is 6.29. The highest BCUT2D eigenvalue weighted by Gasteiger charge is 2.50. The summed E-state index contributed by atoms with van der Waals surface area (Å²) in [6.45, 7) is 6.90. The molecule has 126 valence electrons. The number of rotatable bonds is 6. The Morgan fingerprint density at radius 3 is 3.04 bits per heavy atom. The molecule has 0 unspecified atom stereocenters. The van der Waals surface area contributed by atoms with E-state index in [2.05, 4.69) is 4.98 Å². The second kappa shape index (κ2) is 7.20. The predicted molar refractivity (Wildman–Crippen MR) is 90.4 cm³/mol. The SMILES string of the molecule is CCOCC(=O)N1CC2(C[C@@H](OCc3cccc(C)n3)CS2)C1. The van der Waals surface area contributed by atoms with E-state index in [-0.39, 0.29) is 23.4 Å². The van der Waals surface area contributed by atoms with Crippen LogP contribution in [-0.2, 0) is 20.9 Å². The first-order valence-corrected chi connectivity index (χ1v) is 9.12. The molecule has 0 N–H and O–H groups in total. The number of hydrogen-bond donors (Lipinski definition) is 0. The van der Waals surface area contributed by atoms with Crippen LogP contribution in [0.5, 0.6) is 0 Å². The van der Waals surface area contributed by atoms with Crippen LogP contribution < -0.4 is 0 Å². The van der Waals surface area contributed by atoms with Crippen LogP contribution in [0, 0.1) is 6.92 Å². The van der Waals surface area contributed by atoms with Gasteiger partial charge in [-0.15, -0.1) is 11.8 Å². The van der Waals surface area contributed by atoms with Crippen molar-refractivity contribution in [3.63, 3.8) is 0 Å². The van der Waals surface area contributed by atoms with Crippen LogP contribution in [0.1, 0.15) is 24.7 Å². The lowest BCUT2D eigenvalue weighted by Crippen LogP contribution is -2.61. The molecular weight excluding hydrogens is 312 g/mol. The summed E-state index contributed by atoms with van der Waals surface area (Å²) in [5, 5.41) is 0. The Morgan fingerprint density at radius 1 is 1.48 bits per heavy atom. The molecule has 1 aromatic rings. The fourth-order valence-electron chi connectivity index (χ4n) is 3.12. The summed E-state index contributed by atoms with van der Waals surface area (Å²) in [4.78, 5) is 18.3. The van der Waals surface area contributed by atoms with Crippen LogP contribution in [0.25, 0.3) is 0 Å². The van der Waals surface area contributed by atoms with Gasteiger partial charge >= 0.3 is 0 Å². The maximum absolute atomic E-state index is 11.9. The monoisotopic (exact) mass is 336 g/mol. The Bertz CT molecular complexity index is 561. The summed E-state index contributed by atoms with van der Waals surface area (Å²) in [6.07, 6.45) is 1.27. The summed E-state index contributed by atoms with van der Waals surface area (Å²) < 4.78 is 11.4. The molecule has 0 bridgehead atoms. The maximum atomic E-state index is 11.9. The number of carbonyl (C=O) groups excluding carboxylic acids is 1. The third-order valence-corrected chi connectivity index (χ3v) is 5.90. The predicted octanol–water partition coefficient (Wildman–Crippen LogP) is 2.03. The number of nitrogens with zero attached hydrogens (tertiary/aromatic N) is 2. The second-order valence-corrected chi connectivity index (χ2v) is 7.78. The molecule has 2 fully saturated rings. The van der Waals surface area contributed by atoms with E-state index in [9.17, 15) is 4.79 Å². The highest BCUT2D eigenvalue weighted by molar-refractivity contribution is 8.01. The topological polar surface area (TPSA) is 51.7 Å². The molecule has 3 heterocycles. The summed E-state index contributed by atoms with van der Waals surface area (Å²) in [5.41, 5.74) is 2.00. The number of likely N-dealkylation sites (tertiary alicyclic amines) is 1. The van der Waals surface area contributed by atoms with Crippen LogP contribution in [0.2, 0.25) is 0 Å². The molecule has 1 aromatic heterocycles. The van der Waals surface area contributed by atoms with Crippen molar-refractivity contribution in [2.75, 3.05) is 32.1 Å². The summed E-state index contributed by atoms with van der Waals surface area (Å²) in [5.74, 6) is 1.10. The molecule has 23 heavy (non-hydrogen) atoms. The smallest absolute Gasteiger partial charge is 0.248 e. The highest BCUT2D eigenvalue weighted by atomic mass is 32.2. The third kappa shape index (κ3) is 4.05. The molecule has 2 aliphatic rings. The Morgan fingerprint density at radius 2 is 2.30 bits per heavy atom. The van der Waals surface area contributed by atoms with Gasteiger partial charge in [-0.3, -0.25) is 9.78 Å². The first-order valence-electron chi connectivity index (χ1n) is 8.14. The first kappa shape index (κ1) is 16.7. The van der Waals surface area contributed by atoms with E-state index in [4.69, 9.17) is 9.47 Å². The average Bonchev–Trinajstić information content (AvgIpc) is 2.94. The number of pyridine rings is 1. The standard InChI is InChI=1S/C17H24N2O3S/c1-3-21-9-16(20)19-11-17(12-19)7-15(10-23-17)22-8-14-6-4-5-13(2)18-14/h4-6,15H,3,7-12H2,1-2H3/t15-/m1/s1. The van der Waals surface area contributed by atoms with Gasteiger partial charge in [0, 0.05) is 31.1 Å². The van der Waals surface area contributed by atoms with Gasteiger partial charge in [0.25, 0.3) is 0 Å². The van der Waals surface area contributed by atoms with Crippen molar-refractivity contribution >= 4 is 17.7 Å². The molecule has 0 aromatic carbocycles. The molecule has 2 saturated heterocycles. The minimum atomic E-state index is 0.103. The Labute approximate surface area is 141 Å². The van der Waals surface area contributed by atoms with E-state index >= 15 is 0 Å². The fourth-order valence-corrected chi connectivity index (χ4v) is 4.67. The van der Waals surface area contributed by atoms with E-state index < -0.39 is 0 Å².